The van der Waals surface area contributed by atoms with Gasteiger partial charge in [-0.3, -0.25) is 0 Å². The molecule has 1 aromatic rings. The lowest BCUT2D eigenvalue weighted by Crippen LogP contribution is -2.38. The molecule has 2 N–H and O–H groups in total. The molecule has 1 saturated carbocycles. The van der Waals surface area contributed by atoms with E-state index >= 15 is 0 Å². The van der Waals surface area contributed by atoms with E-state index in [-0.39, 0.29) is 0 Å². The molecule has 2 nitrogen and oxygen atoms in total. The summed E-state index contributed by atoms with van der Waals surface area (Å²) in [6.07, 6.45) is 12.2. The zero-order chi connectivity index (χ0) is 16.0. The van der Waals surface area contributed by atoms with E-state index in [1.807, 2.05) is 24.3 Å². The predicted octanol–water partition coefficient (Wildman–Crippen LogP) is 5.42. The number of benzene rings is 1. The van der Waals surface area contributed by atoms with Crippen LogP contribution in [0.1, 0.15) is 62.0 Å². The summed E-state index contributed by atoms with van der Waals surface area (Å²) in [5, 5.41) is 19.6. The minimum absolute atomic E-state index is 0.407. The van der Waals surface area contributed by atoms with E-state index in [1.54, 1.807) is 0 Å². The van der Waals surface area contributed by atoms with Crippen LogP contribution in [0.25, 0.3) is 0 Å². The van der Waals surface area contributed by atoms with Crippen molar-refractivity contribution in [3.05, 3.63) is 53.3 Å². The number of hydrogen-bond donors (Lipinski definition) is 2. The van der Waals surface area contributed by atoms with Gasteiger partial charge in [0.1, 0.15) is 11.5 Å². The molecule has 5 atom stereocenters. The molecule has 0 radical (unpaired) electrons. The summed E-state index contributed by atoms with van der Waals surface area (Å²) < 4.78 is 0. The number of aromatic hydroxyl groups is 1. The first-order valence-corrected chi connectivity index (χ1v) is 9.05. The fourth-order valence-corrected chi connectivity index (χ4v) is 5.48. The molecular weight excluding hydrogens is 284 g/mol. The predicted molar refractivity (Wildman–Crippen MR) is 92.7 cm³/mol. The second kappa shape index (κ2) is 5.74. The summed E-state index contributed by atoms with van der Waals surface area (Å²) in [5.41, 5.74) is 2.83. The Labute approximate surface area is 138 Å². The van der Waals surface area contributed by atoms with Crippen LogP contribution >= 0.6 is 0 Å². The fraction of sp³-hybridized carbons (Fsp3) is 0.524. The molecule has 0 aromatic heterocycles. The lowest BCUT2D eigenvalue weighted by molar-refractivity contribution is 0.132. The Hall–Kier alpha value is -1.70. The van der Waals surface area contributed by atoms with Crippen molar-refractivity contribution in [2.24, 2.45) is 17.8 Å². The Morgan fingerprint density at radius 1 is 1.04 bits per heavy atom. The SMILES string of the molecule is C[C@@H]1c2ccc(O)cc2[C@@H]2CCCC[C@@H]2[C@@H]1C1C=CC(O)=CC1. The van der Waals surface area contributed by atoms with Gasteiger partial charge in [-0.2, -0.15) is 0 Å². The van der Waals surface area contributed by atoms with Crippen molar-refractivity contribution in [3.63, 3.8) is 0 Å². The van der Waals surface area contributed by atoms with Gasteiger partial charge < -0.3 is 10.2 Å². The molecule has 0 bridgehead atoms. The maximum absolute atomic E-state index is 9.96. The van der Waals surface area contributed by atoms with Gasteiger partial charge in [-0.1, -0.05) is 31.9 Å². The van der Waals surface area contributed by atoms with Crippen molar-refractivity contribution in [2.75, 3.05) is 0 Å². The van der Waals surface area contributed by atoms with Crippen LogP contribution in [-0.2, 0) is 0 Å². The van der Waals surface area contributed by atoms with Crippen molar-refractivity contribution in [1.82, 2.24) is 0 Å². The maximum Gasteiger partial charge on any atom is 0.115 e. The molecule has 0 aliphatic heterocycles. The highest BCUT2D eigenvalue weighted by Crippen LogP contribution is 2.56. The zero-order valence-corrected chi connectivity index (χ0v) is 13.8. The molecule has 1 fully saturated rings. The fourth-order valence-electron chi connectivity index (χ4n) is 5.48. The third kappa shape index (κ3) is 2.49. The normalized spacial score (nSPS) is 36.0. The summed E-state index contributed by atoms with van der Waals surface area (Å²) in [7, 11) is 0. The van der Waals surface area contributed by atoms with Gasteiger partial charge in [0, 0.05) is 0 Å². The van der Waals surface area contributed by atoms with Crippen molar-refractivity contribution >= 4 is 0 Å². The molecule has 1 aromatic carbocycles. The largest absolute Gasteiger partial charge is 0.508 e. The van der Waals surface area contributed by atoms with Gasteiger partial charge in [-0.05, 0) is 84.3 Å². The first kappa shape index (κ1) is 14.9. The number of fused-ring (bicyclic) bond motifs is 3. The topological polar surface area (TPSA) is 40.5 Å². The summed E-state index contributed by atoms with van der Waals surface area (Å²) in [6, 6.07) is 6.01. The highest BCUT2D eigenvalue weighted by Gasteiger charge is 2.44. The number of aliphatic hydroxyl groups is 1. The van der Waals surface area contributed by atoms with Crippen LogP contribution in [0.15, 0.2) is 42.2 Å². The summed E-state index contributed by atoms with van der Waals surface area (Å²) >= 11 is 0. The number of phenols is 1. The van der Waals surface area contributed by atoms with Crippen LogP contribution in [-0.4, -0.2) is 10.2 Å². The van der Waals surface area contributed by atoms with E-state index in [0.717, 1.165) is 6.42 Å². The second-order valence-electron chi connectivity index (χ2n) is 7.62. The van der Waals surface area contributed by atoms with Gasteiger partial charge in [-0.15, -0.1) is 0 Å². The Bertz CT molecular complexity index is 658. The average molecular weight is 310 g/mol. The van der Waals surface area contributed by atoms with Gasteiger partial charge in [0.15, 0.2) is 0 Å². The van der Waals surface area contributed by atoms with Gasteiger partial charge in [-0.25, -0.2) is 0 Å². The molecule has 1 unspecified atom stereocenters. The van der Waals surface area contributed by atoms with E-state index in [4.69, 9.17) is 0 Å². The molecule has 0 saturated heterocycles. The number of allylic oxidation sites excluding steroid dienone is 3. The first-order valence-electron chi connectivity index (χ1n) is 9.05. The van der Waals surface area contributed by atoms with Crippen LogP contribution in [0.5, 0.6) is 5.75 Å². The van der Waals surface area contributed by atoms with Crippen molar-refractivity contribution < 1.29 is 10.2 Å². The number of hydrogen-bond acceptors (Lipinski definition) is 2. The standard InChI is InChI=1S/C21H26O2/c1-13-17-11-10-16(23)12-20(17)18-4-2-3-5-19(18)21(13)14-6-8-15(22)9-7-14/h6,8-14,18-19,21-23H,2-5,7H2,1H3/t13-,14?,18-,19+,21+/m1/s1. The van der Waals surface area contributed by atoms with E-state index < -0.39 is 0 Å². The molecule has 2 heteroatoms. The number of rotatable bonds is 1. The summed E-state index contributed by atoms with van der Waals surface area (Å²) in [5.74, 6) is 3.79. The lowest BCUT2D eigenvalue weighted by Gasteiger charge is -2.48. The molecule has 4 rings (SSSR count). The van der Waals surface area contributed by atoms with Crippen LogP contribution in [0.3, 0.4) is 0 Å². The third-order valence-electron chi connectivity index (χ3n) is 6.46. The summed E-state index contributed by atoms with van der Waals surface area (Å²) in [6.45, 7) is 2.36. The molecule has 23 heavy (non-hydrogen) atoms. The monoisotopic (exact) mass is 310 g/mol. The van der Waals surface area contributed by atoms with E-state index in [0.29, 0.717) is 41.1 Å². The molecule has 122 valence electrons. The first-order chi connectivity index (χ1) is 11.1. The Morgan fingerprint density at radius 2 is 1.87 bits per heavy atom. The maximum atomic E-state index is 9.96. The average Bonchev–Trinajstić information content (AvgIpc) is 2.56. The van der Waals surface area contributed by atoms with Gasteiger partial charge in [0.05, 0.1) is 0 Å². The Morgan fingerprint density at radius 3 is 2.65 bits per heavy atom. The van der Waals surface area contributed by atoms with Gasteiger partial charge in [0.2, 0.25) is 0 Å². The Balaban J connectivity index is 1.75. The highest BCUT2D eigenvalue weighted by molar-refractivity contribution is 5.43. The van der Waals surface area contributed by atoms with E-state index in [9.17, 15) is 10.2 Å². The minimum atomic E-state index is 0.407. The van der Waals surface area contributed by atoms with Gasteiger partial charge in [0.25, 0.3) is 0 Å². The van der Waals surface area contributed by atoms with Crippen LogP contribution < -0.4 is 0 Å². The third-order valence-corrected chi connectivity index (χ3v) is 6.46. The van der Waals surface area contributed by atoms with Crippen LogP contribution in [0, 0.1) is 17.8 Å². The second-order valence-corrected chi connectivity index (χ2v) is 7.62. The molecular formula is C21H26O2. The van der Waals surface area contributed by atoms with Crippen LogP contribution in [0.2, 0.25) is 0 Å². The van der Waals surface area contributed by atoms with Gasteiger partial charge >= 0.3 is 0 Å². The molecule has 0 spiro atoms. The quantitative estimate of drug-likeness (QED) is 0.727. The lowest BCUT2D eigenvalue weighted by atomic mass is 9.56. The molecule has 3 aliphatic rings. The van der Waals surface area contributed by atoms with Crippen molar-refractivity contribution in [1.29, 1.82) is 0 Å². The number of aliphatic hydroxyl groups excluding tert-OH is 1. The smallest absolute Gasteiger partial charge is 0.115 e. The molecule has 3 aliphatic carbocycles. The van der Waals surface area contributed by atoms with Crippen molar-refractivity contribution in [2.45, 2.75) is 50.9 Å². The van der Waals surface area contributed by atoms with Crippen LogP contribution in [0.4, 0.5) is 0 Å². The highest BCUT2D eigenvalue weighted by atomic mass is 16.3. The molecule has 0 amide bonds. The summed E-state index contributed by atoms with van der Waals surface area (Å²) in [4.78, 5) is 0. The molecule has 0 heterocycles. The van der Waals surface area contributed by atoms with Crippen molar-refractivity contribution in [3.8, 4) is 5.75 Å². The van der Waals surface area contributed by atoms with E-state index in [1.165, 1.54) is 36.8 Å². The minimum Gasteiger partial charge on any atom is -0.508 e. The zero-order valence-electron chi connectivity index (χ0n) is 13.8. The van der Waals surface area contributed by atoms with E-state index in [2.05, 4.69) is 19.1 Å². The Kier molecular flexibility index (Phi) is 3.71. The number of phenolic OH excluding ortho intramolecular Hbond substituents is 1.